The van der Waals surface area contributed by atoms with Gasteiger partial charge in [0, 0.05) is 37.6 Å². The molecular weight excluding hydrogens is 321 g/mol. The number of aromatic nitrogens is 2. The first-order valence-electron chi connectivity index (χ1n) is 7.53. The minimum absolute atomic E-state index is 0.280. The smallest absolute Gasteiger partial charge is 0.372 e. The van der Waals surface area contributed by atoms with E-state index < -0.39 is 17.8 Å². The molecule has 0 aliphatic rings. The highest BCUT2D eigenvalue weighted by Crippen LogP contribution is 2.29. The van der Waals surface area contributed by atoms with Gasteiger partial charge in [-0.1, -0.05) is 0 Å². The molecule has 24 heavy (non-hydrogen) atoms. The summed E-state index contributed by atoms with van der Waals surface area (Å²) in [7, 11) is 1.15. The predicted octanol–water partition coefficient (Wildman–Crippen LogP) is 3.54. The van der Waals surface area contributed by atoms with Crippen LogP contribution in [0.5, 0.6) is 0 Å². The lowest BCUT2D eigenvalue weighted by molar-refractivity contribution is -0.143. The molecule has 130 valence electrons. The summed E-state index contributed by atoms with van der Waals surface area (Å²) in [6.45, 7) is 5.80. The maximum Gasteiger partial charge on any atom is 0.433 e. The molecule has 0 atom stereocenters. The lowest BCUT2D eigenvalue weighted by Gasteiger charge is -2.21. The van der Waals surface area contributed by atoms with Crippen LogP contribution in [0.25, 0.3) is 0 Å². The van der Waals surface area contributed by atoms with E-state index in [-0.39, 0.29) is 5.69 Å². The van der Waals surface area contributed by atoms with Crippen LogP contribution in [0, 0.1) is 0 Å². The number of halogens is 3. The van der Waals surface area contributed by atoms with E-state index in [4.69, 9.17) is 0 Å². The van der Waals surface area contributed by atoms with Gasteiger partial charge in [-0.2, -0.15) is 18.3 Å². The molecule has 1 aromatic carbocycles. The van der Waals surface area contributed by atoms with Gasteiger partial charge in [0.2, 0.25) is 0 Å². The maximum atomic E-state index is 12.7. The minimum Gasteiger partial charge on any atom is -0.372 e. The number of carbonyl (C=O) groups excluding carboxylic acids is 1. The van der Waals surface area contributed by atoms with Gasteiger partial charge < -0.3 is 10.2 Å². The molecule has 0 aliphatic carbocycles. The van der Waals surface area contributed by atoms with Gasteiger partial charge in [-0.15, -0.1) is 0 Å². The molecule has 0 radical (unpaired) electrons. The molecule has 0 saturated heterocycles. The van der Waals surface area contributed by atoms with Crippen LogP contribution in [0.3, 0.4) is 0 Å². The predicted molar refractivity (Wildman–Crippen MR) is 86.2 cm³/mol. The number of nitrogens with zero attached hydrogens (tertiary/aromatic N) is 3. The van der Waals surface area contributed by atoms with Crippen molar-refractivity contribution in [2.75, 3.05) is 23.3 Å². The number of carbonyl (C=O) groups is 1. The molecule has 1 aromatic heterocycles. The van der Waals surface area contributed by atoms with Crippen LogP contribution in [-0.2, 0) is 13.2 Å². The fraction of sp³-hybridized carbons (Fsp3) is 0.375. The van der Waals surface area contributed by atoms with Crippen LogP contribution in [0.15, 0.2) is 30.3 Å². The minimum atomic E-state index is -4.55. The van der Waals surface area contributed by atoms with Crippen molar-refractivity contribution >= 4 is 17.3 Å². The van der Waals surface area contributed by atoms with Gasteiger partial charge in [0.15, 0.2) is 5.69 Å². The fourth-order valence-electron chi connectivity index (χ4n) is 2.38. The zero-order valence-corrected chi connectivity index (χ0v) is 13.7. The molecule has 0 spiro atoms. The monoisotopic (exact) mass is 340 g/mol. The van der Waals surface area contributed by atoms with Crippen molar-refractivity contribution in [2.45, 2.75) is 20.0 Å². The first-order valence-corrected chi connectivity index (χ1v) is 7.53. The van der Waals surface area contributed by atoms with Crippen molar-refractivity contribution in [1.29, 1.82) is 0 Å². The summed E-state index contributed by atoms with van der Waals surface area (Å²) in [4.78, 5) is 14.2. The van der Waals surface area contributed by atoms with E-state index in [2.05, 4.69) is 15.3 Å². The molecule has 2 rings (SSSR count). The van der Waals surface area contributed by atoms with Crippen molar-refractivity contribution in [2.24, 2.45) is 7.05 Å². The van der Waals surface area contributed by atoms with Crippen LogP contribution in [0.2, 0.25) is 0 Å². The fourth-order valence-corrected chi connectivity index (χ4v) is 2.38. The average Bonchev–Trinajstić information content (AvgIpc) is 2.92. The van der Waals surface area contributed by atoms with Crippen LogP contribution in [0.4, 0.5) is 24.5 Å². The van der Waals surface area contributed by atoms with Gasteiger partial charge in [0.05, 0.1) is 0 Å². The van der Waals surface area contributed by atoms with Gasteiger partial charge in [-0.3, -0.25) is 9.48 Å². The van der Waals surface area contributed by atoms with Crippen LogP contribution in [0.1, 0.15) is 30.0 Å². The summed E-state index contributed by atoms with van der Waals surface area (Å²) in [6, 6.07) is 7.85. The number of amides is 1. The average molecular weight is 340 g/mol. The standard InChI is InChI=1S/C16H19F3N4O/c1-4-23(5-2)12-8-6-11(7-9-12)20-15(24)13-10-14(16(17,18)19)22(3)21-13/h6-10H,4-5H2,1-3H3,(H,20,24). The van der Waals surface area contributed by atoms with E-state index in [1.54, 1.807) is 12.1 Å². The SMILES string of the molecule is CCN(CC)c1ccc(NC(=O)c2cc(C(F)(F)F)n(C)n2)cc1. The highest BCUT2D eigenvalue weighted by atomic mass is 19.4. The Labute approximate surface area is 138 Å². The van der Waals surface area contributed by atoms with Gasteiger partial charge in [-0.25, -0.2) is 0 Å². The molecule has 5 nitrogen and oxygen atoms in total. The molecule has 2 aromatic rings. The summed E-state index contributed by atoms with van der Waals surface area (Å²) in [5.74, 6) is -0.684. The summed E-state index contributed by atoms with van der Waals surface area (Å²) < 4.78 is 38.9. The quantitative estimate of drug-likeness (QED) is 0.906. The Kier molecular flexibility index (Phi) is 5.16. The Bertz CT molecular complexity index is 703. The number of rotatable bonds is 5. The maximum absolute atomic E-state index is 12.7. The molecule has 0 unspecified atom stereocenters. The number of alkyl halides is 3. The first-order chi connectivity index (χ1) is 11.3. The van der Waals surface area contributed by atoms with Crippen LogP contribution < -0.4 is 10.2 Å². The zero-order chi connectivity index (χ0) is 17.9. The van der Waals surface area contributed by atoms with E-state index in [0.717, 1.165) is 31.9 Å². The third-order valence-corrected chi connectivity index (χ3v) is 3.66. The van der Waals surface area contributed by atoms with E-state index >= 15 is 0 Å². The van der Waals surface area contributed by atoms with Gasteiger partial charge >= 0.3 is 6.18 Å². The second-order valence-electron chi connectivity index (χ2n) is 5.21. The van der Waals surface area contributed by atoms with E-state index in [1.807, 2.05) is 26.0 Å². The molecule has 0 saturated carbocycles. The summed E-state index contributed by atoms with van der Waals surface area (Å²) in [5.41, 5.74) is 0.257. The Morgan fingerprint density at radius 1 is 1.21 bits per heavy atom. The summed E-state index contributed by atoms with van der Waals surface area (Å²) in [5, 5.41) is 6.17. The highest BCUT2D eigenvalue weighted by Gasteiger charge is 2.35. The third kappa shape index (κ3) is 3.87. The van der Waals surface area contributed by atoms with Crippen molar-refractivity contribution in [3.63, 3.8) is 0 Å². The third-order valence-electron chi connectivity index (χ3n) is 3.66. The lowest BCUT2D eigenvalue weighted by Crippen LogP contribution is -2.21. The summed E-state index contributed by atoms with van der Waals surface area (Å²) >= 11 is 0. The number of aryl methyl sites for hydroxylation is 1. The van der Waals surface area contributed by atoms with Crippen molar-refractivity contribution in [3.05, 3.63) is 41.7 Å². The molecule has 1 amide bonds. The molecule has 1 N–H and O–H groups in total. The molecule has 0 aliphatic heterocycles. The molecular formula is C16H19F3N4O. The Balaban J connectivity index is 2.13. The van der Waals surface area contributed by atoms with Crippen LogP contribution >= 0.6 is 0 Å². The summed E-state index contributed by atoms with van der Waals surface area (Å²) in [6.07, 6.45) is -4.55. The van der Waals surface area contributed by atoms with Crippen molar-refractivity contribution in [1.82, 2.24) is 9.78 Å². The number of hydrogen-bond acceptors (Lipinski definition) is 3. The Morgan fingerprint density at radius 3 is 2.25 bits per heavy atom. The Hall–Kier alpha value is -2.51. The van der Waals surface area contributed by atoms with Gasteiger partial charge in [0.1, 0.15) is 5.69 Å². The van der Waals surface area contributed by atoms with Gasteiger partial charge in [-0.05, 0) is 38.1 Å². The van der Waals surface area contributed by atoms with Gasteiger partial charge in [0.25, 0.3) is 5.91 Å². The second-order valence-corrected chi connectivity index (χ2v) is 5.21. The normalized spacial score (nSPS) is 11.4. The van der Waals surface area contributed by atoms with Crippen molar-refractivity contribution < 1.29 is 18.0 Å². The first kappa shape index (κ1) is 17.8. The zero-order valence-electron chi connectivity index (χ0n) is 13.7. The van der Waals surface area contributed by atoms with Crippen LogP contribution in [-0.4, -0.2) is 28.8 Å². The van der Waals surface area contributed by atoms with Crippen molar-refractivity contribution in [3.8, 4) is 0 Å². The topological polar surface area (TPSA) is 50.2 Å². The lowest BCUT2D eigenvalue weighted by atomic mass is 10.2. The highest BCUT2D eigenvalue weighted by molar-refractivity contribution is 6.03. The molecule has 0 bridgehead atoms. The number of benzene rings is 1. The van der Waals surface area contributed by atoms with E-state index in [9.17, 15) is 18.0 Å². The largest absolute Gasteiger partial charge is 0.433 e. The number of nitrogens with one attached hydrogen (secondary N) is 1. The Morgan fingerprint density at radius 2 is 1.79 bits per heavy atom. The van der Waals surface area contributed by atoms with E-state index in [1.165, 1.54) is 0 Å². The number of anilines is 2. The number of hydrogen-bond donors (Lipinski definition) is 1. The van der Waals surface area contributed by atoms with E-state index in [0.29, 0.717) is 10.4 Å². The molecule has 0 fully saturated rings. The molecule has 8 heteroatoms. The molecule has 1 heterocycles. The second kappa shape index (κ2) is 6.94.